The Bertz CT molecular complexity index is 588. The molecule has 1 atom stereocenters. The highest BCUT2D eigenvalue weighted by Crippen LogP contribution is 2.25. The first-order valence-corrected chi connectivity index (χ1v) is 6.22. The van der Waals surface area contributed by atoms with Gasteiger partial charge in [-0.1, -0.05) is 18.2 Å². The zero-order valence-corrected chi connectivity index (χ0v) is 11.1. The van der Waals surface area contributed by atoms with E-state index in [1.165, 1.54) is 0 Å². The molecule has 0 amide bonds. The second kappa shape index (κ2) is 5.28. The quantitative estimate of drug-likeness (QED) is 0.885. The normalized spacial score (nSPS) is 12.4. The Morgan fingerprint density at radius 1 is 1.32 bits per heavy atom. The van der Waals surface area contributed by atoms with E-state index in [9.17, 15) is 4.79 Å². The second-order valence-corrected chi connectivity index (χ2v) is 4.70. The molecule has 1 unspecified atom stereocenters. The summed E-state index contributed by atoms with van der Waals surface area (Å²) in [6.45, 7) is 3.97. The van der Waals surface area contributed by atoms with Gasteiger partial charge < -0.3 is 15.4 Å². The second-order valence-electron chi connectivity index (χ2n) is 4.70. The summed E-state index contributed by atoms with van der Waals surface area (Å²) in [6, 6.07) is 11.5. The van der Waals surface area contributed by atoms with Crippen molar-refractivity contribution in [2.45, 2.75) is 26.3 Å². The van der Waals surface area contributed by atoms with Gasteiger partial charge in [0.15, 0.2) is 0 Å². The third-order valence-corrected chi connectivity index (χ3v) is 3.28. The summed E-state index contributed by atoms with van der Waals surface area (Å²) in [5, 5.41) is 8.84. The summed E-state index contributed by atoms with van der Waals surface area (Å²) in [6.07, 6.45) is -0.0565. The number of hydrogen-bond donors (Lipinski definition) is 2. The molecule has 2 aromatic rings. The molecule has 4 heteroatoms. The number of aryl methyl sites for hydroxylation is 1. The van der Waals surface area contributed by atoms with Crippen LogP contribution in [0.2, 0.25) is 0 Å². The summed E-state index contributed by atoms with van der Waals surface area (Å²) in [4.78, 5) is 10.8. The number of nitrogens with two attached hydrogens (primary N) is 1. The van der Waals surface area contributed by atoms with Crippen molar-refractivity contribution in [3.63, 3.8) is 0 Å². The third-order valence-electron chi connectivity index (χ3n) is 3.28. The van der Waals surface area contributed by atoms with Crippen molar-refractivity contribution in [1.82, 2.24) is 4.57 Å². The Hall–Kier alpha value is -2.07. The molecule has 0 radical (unpaired) electrons. The Morgan fingerprint density at radius 3 is 2.53 bits per heavy atom. The minimum atomic E-state index is -0.878. The van der Waals surface area contributed by atoms with Crippen molar-refractivity contribution in [2.24, 2.45) is 5.73 Å². The van der Waals surface area contributed by atoms with Crippen LogP contribution in [0.25, 0.3) is 5.69 Å². The zero-order chi connectivity index (χ0) is 14.0. The maximum atomic E-state index is 10.8. The van der Waals surface area contributed by atoms with Gasteiger partial charge in [0.1, 0.15) is 0 Å². The predicted octanol–water partition coefficient (Wildman–Crippen LogP) is 2.57. The molecule has 0 spiro atoms. The topological polar surface area (TPSA) is 68.2 Å². The number of carboxylic acids is 1. The molecule has 4 nitrogen and oxygen atoms in total. The number of nitrogens with zero attached hydrogens (tertiary/aromatic N) is 1. The first kappa shape index (κ1) is 13.4. The fourth-order valence-corrected chi connectivity index (χ4v) is 2.44. The Kier molecular flexibility index (Phi) is 3.71. The number of para-hydroxylation sites is 1. The van der Waals surface area contributed by atoms with Gasteiger partial charge in [0.2, 0.25) is 0 Å². The van der Waals surface area contributed by atoms with Crippen LogP contribution in [0.3, 0.4) is 0 Å². The van der Waals surface area contributed by atoms with Crippen LogP contribution in [-0.4, -0.2) is 15.6 Å². The van der Waals surface area contributed by atoms with E-state index in [2.05, 4.69) is 4.57 Å². The summed E-state index contributed by atoms with van der Waals surface area (Å²) in [7, 11) is 0. The number of benzene rings is 1. The summed E-state index contributed by atoms with van der Waals surface area (Å²) >= 11 is 0. The maximum absolute atomic E-state index is 10.8. The number of aliphatic carboxylic acids is 1. The van der Waals surface area contributed by atoms with Gasteiger partial charge in [0, 0.05) is 23.1 Å². The van der Waals surface area contributed by atoms with E-state index in [1.807, 2.05) is 50.2 Å². The molecule has 0 saturated carbocycles. The van der Waals surface area contributed by atoms with Crippen molar-refractivity contribution < 1.29 is 9.90 Å². The molecule has 0 aliphatic carbocycles. The zero-order valence-electron chi connectivity index (χ0n) is 11.1. The first-order valence-electron chi connectivity index (χ1n) is 6.22. The lowest BCUT2D eigenvalue weighted by atomic mass is 10.1. The molecule has 0 saturated heterocycles. The lowest BCUT2D eigenvalue weighted by molar-refractivity contribution is -0.137. The van der Waals surface area contributed by atoms with Crippen molar-refractivity contribution in [3.05, 3.63) is 53.3 Å². The van der Waals surface area contributed by atoms with E-state index >= 15 is 0 Å². The summed E-state index contributed by atoms with van der Waals surface area (Å²) in [5.41, 5.74) is 9.97. The van der Waals surface area contributed by atoms with Crippen LogP contribution >= 0.6 is 0 Å². The third kappa shape index (κ3) is 2.69. The van der Waals surface area contributed by atoms with Crippen molar-refractivity contribution in [2.75, 3.05) is 0 Å². The minimum Gasteiger partial charge on any atom is -0.481 e. The summed E-state index contributed by atoms with van der Waals surface area (Å²) < 4.78 is 2.09. The largest absolute Gasteiger partial charge is 0.481 e. The van der Waals surface area contributed by atoms with Gasteiger partial charge in [-0.2, -0.15) is 0 Å². The lowest BCUT2D eigenvalue weighted by Gasteiger charge is -2.12. The van der Waals surface area contributed by atoms with Gasteiger partial charge in [0.25, 0.3) is 0 Å². The fourth-order valence-electron chi connectivity index (χ4n) is 2.44. The maximum Gasteiger partial charge on any atom is 0.305 e. The SMILES string of the molecule is Cc1cc(C(N)CC(=O)O)c(C)n1-c1ccccc1. The van der Waals surface area contributed by atoms with Crippen LogP contribution in [-0.2, 0) is 4.79 Å². The predicted molar refractivity (Wildman–Crippen MR) is 74.4 cm³/mol. The van der Waals surface area contributed by atoms with Crippen molar-refractivity contribution >= 4 is 5.97 Å². The van der Waals surface area contributed by atoms with E-state index < -0.39 is 12.0 Å². The van der Waals surface area contributed by atoms with Crippen LogP contribution in [0.15, 0.2) is 36.4 Å². The van der Waals surface area contributed by atoms with Crippen LogP contribution in [0.1, 0.15) is 29.4 Å². The van der Waals surface area contributed by atoms with E-state index in [4.69, 9.17) is 10.8 Å². The van der Waals surface area contributed by atoms with Crippen molar-refractivity contribution in [1.29, 1.82) is 0 Å². The Morgan fingerprint density at radius 2 is 1.95 bits per heavy atom. The highest BCUT2D eigenvalue weighted by Gasteiger charge is 2.18. The van der Waals surface area contributed by atoms with Crippen LogP contribution in [0.5, 0.6) is 0 Å². The molecule has 0 aliphatic rings. The number of carboxylic acid groups (broad SMARTS) is 1. The van der Waals surface area contributed by atoms with E-state index in [0.29, 0.717) is 0 Å². The molecule has 100 valence electrons. The van der Waals surface area contributed by atoms with E-state index in [-0.39, 0.29) is 6.42 Å². The highest BCUT2D eigenvalue weighted by molar-refractivity contribution is 5.68. The molecule has 19 heavy (non-hydrogen) atoms. The van der Waals surface area contributed by atoms with Gasteiger partial charge in [-0.05, 0) is 37.6 Å². The molecule has 2 rings (SSSR count). The molecule has 0 aliphatic heterocycles. The number of carbonyl (C=O) groups is 1. The first-order chi connectivity index (χ1) is 9.00. The Balaban J connectivity index is 2.43. The fraction of sp³-hybridized carbons (Fsp3) is 0.267. The van der Waals surface area contributed by atoms with Crippen LogP contribution in [0.4, 0.5) is 0 Å². The molecular formula is C15H18N2O2. The van der Waals surface area contributed by atoms with Gasteiger partial charge in [-0.3, -0.25) is 4.79 Å². The molecule has 0 bridgehead atoms. The lowest BCUT2D eigenvalue weighted by Crippen LogP contribution is -2.15. The number of aromatic nitrogens is 1. The van der Waals surface area contributed by atoms with Gasteiger partial charge in [-0.25, -0.2) is 0 Å². The molecular weight excluding hydrogens is 240 g/mol. The molecule has 3 N–H and O–H groups in total. The van der Waals surface area contributed by atoms with E-state index in [0.717, 1.165) is 22.6 Å². The monoisotopic (exact) mass is 258 g/mol. The van der Waals surface area contributed by atoms with E-state index in [1.54, 1.807) is 0 Å². The smallest absolute Gasteiger partial charge is 0.305 e. The van der Waals surface area contributed by atoms with Gasteiger partial charge in [-0.15, -0.1) is 0 Å². The molecule has 1 heterocycles. The van der Waals surface area contributed by atoms with Gasteiger partial charge >= 0.3 is 5.97 Å². The minimum absolute atomic E-state index is 0.0565. The average Bonchev–Trinajstić information content (AvgIpc) is 2.65. The van der Waals surface area contributed by atoms with Crippen LogP contribution in [0, 0.1) is 13.8 Å². The average molecular weight is 258 g/mol. The standard InChI is InChI=1S/C15H18N2O2/c1-10-8-13(14(16)9-15(18)19)11(2)17(10)12-6-4-3-5-7-12/h3-8,14H,9,16H2,1-2H3,(H,18,19). The van der Waals surface area contributed by atoms with Crippen LogP contribution < -0.4 is 5.73 Å². The molecule has 0 fully saturated rings. The summed E-state index contributed by atoms with van der Waals surface area (Å²) in [5.74, 6) is -0.878. The molecule has 1 aromatic carbocycles. The molecule has 1 aromatic heterocycles. The number of hydrogen-bond acceptors (Lipinski definition) is 2. The van der Waals surface area contributed by atoms with Gasteiger partial charge in [0.05, 0.1) is 6.42 Å². The highest BCUT2D eigenvalue weighted by atomic mass is 16.4. The van der Waals surface area contributed by atoms with Crippen molar-refractivity contribution in [3.8, 4) is 5.69 Å². The Labute approximate surface area is 112 Å². The number of rotatable bonds is 4.